The van der Waals surface area contributed by atoms with Crippen LogP contribution < -0.4 is 5.73 Å². The van der Waals surface area contributed by atoms with Gasteiger partial charge in [-0.1, -0.05) is 19.0 Å². The van der Waals surface area contributed by atoms with E-state index in [-0.39, 0.29) is 11.5 Å². The lowest BCUT2D eigenvalue weighted by atomic mass is 9.80. The van der Waals surface area contributed by atoms with Crippen molar-refractivity contribution >= 4 is 0 Å². The summed E-state index contributed by atoms with van der Waals surface area (Å²) in [6.07, 6.45) is 2.59. The number of rotatable bonds is 3. The standard InChI is InChI=1S/C14H20N4O2/c1-14(2)9-18(6-5-11(14)15)8-12-16-13(17-20-12)10-4-3-7-19-10/h3-4,7,11H,5-6,8-9,15H2,1-2H3. The van der Waals surface area contributed by atoms with Crippen molar-refractivity contribution < 1.29 is 8.94 Å². The van der Waals surface area contributed by atoms with Gasteiger partial charge in [-0.15, -0.1) is 0 Å². The molecular weight excluding hydrogens is 256 g/mol. The third kappa shape index (κ3) is 2.62. The first-order valence-electron chi connectivity index (χ1n) is 6.89. The minimum absolute atomic E-state index is 0.113. The van der Waals surface area contributed by atoms with Crippen LogP contribution in [0.5, 0.6) is 0 Å². The Hall–Kier alpha value is -1.66. The van der Waals surface area contributed by atoms with Gasteiger partial charge in [-0.2, -0.15) is 4.98 Å². The van der Waals surface area contributed by atoms with Gasteiger partial charge in [0.1, 0.15) is 0 Å². The van der Waals surface area contributed by atoms with Crippen LogP contribution in [-0.4, -0.2) is 34.2 Å². The van der Waals surface area contributed by atoms with Gasteiger partial charge in [0.25, 0.3) is 0 Å². The zero-order chi connectivity index (χ0) is 14.2. The Kier molecular flexibility index (Phi) is 3.35. The molecule has 0 saturated carbocycles. The topological polar surface area (TPSA) is 81.3 Å². The van der Waals surface area contributed by atoms with E-state index < -0.39 is 0 Å². The van der Waals surface area contributed by atoms with Gasteiger partial charge >= 0.3 is 0 Å². The van der Waals surface area contributed by atoms with Gasteiger partial charge in [0.15, 0.2) is 5.76 Å². The van der Waals surface area contributed by atoms with Gasteiger partial charge in [0.05, 0.1) is 12.8 Å². The minimum atomic E-state index is 0.113. The van der Waals surface area contributed by atoms with Crippen LogP contribution in [0, 0.1) is 5.41 Å². The maximum atomic E-state index is 6.15. The van der Waals surface area contributed by atoms with E-state index in [1.807, 2.05) is 6.07 Å². The van der Waals surface area contributed by atoms with E-state index in [0.29, 0.717) is 24.0 Å². The first-order valence-corrected chi connectivity index (χ1v) is 6.89. The lowest BCUT2D eigenvalue weighted by Crippen LogP contribution is -2.52. The predicted molar refractivity (Wildman–Crippen MR) is 73.7 cm³/mol. The summed E-state index contributed by atoms with van der Waals surface area (Å²) in [7, 11) is 0. The Balaban J connectivity index is 1.67. The molecule has 2 N–H and O–H groups in total. The molecule has 1 aliphatic heterocycles. The van der Waals surface area contributed by atoms with Crippen molar-refractivity contribution in [1.82, 2.24) is 15.0 Å². The van der Waals surface area contributed by atoms with Crippen molar-refractivity contribution in [3.63, 3.8) is 0 Å². The predicted octanol–water partition coefficient (Wildman–Crippen LogP) is 1.89. The maximum Gasteiger partial charge on any atom is 0.241 e. The molecule has 20 heavy (non-hydrogen) atoms. The first-order chi connectivity index (χ1) is 9.54. The van der Waals surface area contributed by atoms with E-state index in [1.54, 1.807) is 12.3 Å². The second kappa shape index (κ2) is 5.03. The minimum Gasteiger partial charge on any atom is -0.461 e. The van der Waals surface area contributed by atoms with E-state index in [0.717, 1.165) is 19.5 Å². The largest absolute Gasteiger partial charge is 0.461 e. The molecule has 1 atom stereocenters. The Morgan fingerprint density at radius 3 is 3.05 bits per heavy atom. The molecule has 1 fully saturated rings. The van der Waals surface area contributed by atoms with Gasteiger partial charge in [-0.05, 0) is 24.0 Å². The fourth-order valence-electron chi connectivity index (χ4n) is 2.64. The van der Waals surface area contributed by atoms with Gasteiger partial charge in [-0.3, -0.25) is 4.90 Å². The van der Waals surface area contributed by atoms with Crippen LogP contribution in [0.25, 0.3) is 11.6 Å². The van der Waals surface area contributed by atoms with Gasteiger partial charge in [0, 0.05) is 19.1 Å². The fraction of sp³-hybridized carbons (Fsp3) is 0.571. The molecule has 1 unspecified atom stereocenters. The van der Waals surface area contributed by atoms with Crippen LogP contribution in [0.2, 0.25) is 0 Å². The summed E-state index contributed by atoms with van der Waals surface area (Å²) in [5.41, 5.74) is 6.26. The second-order valence-electron chi connectivity index (χ2n) is 6.08. The molecule has 1 saturated heterocycles. The molecule has 3 heterocycles. The number of nitrogens with two attached hydrogens (primary N) is 1. The van der Waals surface area contributed by atoms with E-state index >= 15 is 0 Å². The summed E-state index contributed by atoms with van der Waals surface area (Å²) in [6.45, 7) is 6.96. The molecule has 0 amide bonds. The van der Waals surface area contributed by atoms with Gasteiger partial charge < -0.3 is 14.7 Å². The molecule has 0 aromatic carbocycles. The number of nitrogens with zero attached hydrogens (tertiary/aromatic N) is 3. The van der Waals surface area contributed by atoms with Crippen LogP contribution in [-0.2, 0) is 6.54 Å². The van der Waals surface area contributed by atoms with Crippen LogP contribution in [0.3, 0.4) is 0 Å². The molecule has 0 spiro atoms. The lowest BCUT2D eigenvalue weighted by Gasteiger charge is -2.42. The smallest absolute Gasteiger partial charge is 0.241 e. The summed E-state index contributed by atoms with van der Waals surface area (Å²) < 4.78 is 10.5. The maximum absolute atomic E-state index is 6.15. The molecule has 108 valence electrons. The van der Waals surface area contributed by atoms with E-state index in [2.05, 4.69) is 28.9 Å². The summed E-state index contributed by atoms with van der Waals surface area (Å²) in [5.74, 6) is 1.74. The highest BCUT2D eigenvalue weighted by Gasteiger charge is 2.33. The zero-order valence-electron chi connectivity index (χ0n) is 11.9. The van der Waals surface area contributed by atoms with E-state index in [1.165, 1.54) is 0 Å². The van der Waals surface area contributed by atoms with Crippen molar-refractivity contribution in [2.75, 3.05) is 13.1 Å². The summed E-state index contributed by atoms with van der Waals surface area (Å²) in [6, 6.07) is 3.87. The van der Waals surface area contributed by atoms with E-state index in [4.69, 9.17) is 14.7 Å². The average molecular weight is 276 g/mol. The highest BCUT2D eigenvalue weighted by Crippen LogP contribution is 2.28. The third-order valence-electron chi connectivity index (χ3n) is 3.96. The number of hydrogen-bond donors (Lipinski definition) is 1. The molecule has 0 aliphatic carbocycles. The average Bonchev–Trinajstić information content (AvgIpc) is 3.03. The summed E-state index contributed by atoms with van der Waals surface area (Å²) >= 11 is 0. The van der Waals surface area contributed by atoms with Crippen LogP contribution in [0.15, 0.2) is 27.3 Å². The summed E-state index contributed by atoms with van der Waals surface area (Å²) in [5, 5.41) is 3.94. The molecule has 3 rings (SSSR count). The quantitative estimate of drug-likeness (QED) is 0.922. The van der Waals surface area contributed by atoms with Crippen molar-refractivity contribution in [3.8, 4) is 11.6 Å². The van der Waals surface area contributed by atoms with Crippen LogP contribution in [0.4, 0.5) is 0 Å². The molecule has 2 aromatic heterocycles. The number of likely N-dealkylation sites (tertiary alicyclic amines) is 1. The monoisotopic (exact) mass is 276 g/mol. The Labute approximate surface area is 117 Å². The lowest BCUT2D eigenvalue weighted by molar-refractivity contribution is 0.0811. The Morgan fingerprint density at radius 1 is 1.50 bits per heavy atom. The Bertz CT molecular complexity index is 562. The number of furan rings is 1. The first kappa shape index (κ1) is 13.3. The highest BCUT2D eigenvalue weighted by atomic mass is 16.5. The number of piperidine rings is 1. The molecule has 6 heteroatoms. The zero-order valence-corrected chi connectivity index (χ0v) is 11.9. The van der Waals surface area contributed by atoms with Gasteiger partial charge in [-0.25, -0.2) is 0 Å². The molecular formula is C14H20N4O2. The second-order valence-corrected chi connectivity index (χ2v) is 6.08. The number of aromatic nitrogens is 2. The molecule has 0 radical (unpaired) electrons. The molecule has 6 nitrogen and oxygen atoms in total. The van der Waals surface area contributed by atoms with Gasteiger partial charge in [0.2, 0.25) is 11.7 Å². The SMILES string of the molecule is CC1(C)CN(Cc2nc(-c3ccco3)no2)CCC1N. The molecule has 0 bridgehead atoms. The summed E-state index contributed by atoms with van der Waals surface area (Å²) in [4.78, 5) is 6.68. The fourth-order valence-corrected chi connectivity index (χ4v) is 2.64. The van der Waals surface area contributed by atoms with Crippen molar-refractivity contribution in [2.45, 2.75) is 32.9 Å². The van der Waals surface area contributed by atoms with Crippen LogP contribution >= 0.6 is 0 Å². The van der Waals surface area contributed by atoms with Crippen molar-refractivity contribution in [1.29, 1.82) is 0 Å². The van der Waals surface area contributed by atoms with Crippen molar-refractivity contribution in [3.05, 3.63) is 24.3 Å². The van der Waals surface area contributed by atoms with Crippen molar-refractivity contribution in [2.24, 2.45) is 11.1 Å². The highest BCUT2D eigenvalue weighted by molar-refractivity contribution is 5.44. The number of hydrogen-bond acceptors (Lipinski definition) is 6. The normalized spacial score (nSPS) is 23.1. The molecule has 2 aromatic rings. The Morgan fingerprint density at radius 2 is 2.35 bits per heavy atom. The van der Waals surface area contributed by atoms with Crippen LogP contribution in [0.1, 0.15) is 26.2 Å². The molecule has 1 aliphatic rings. The third-order valence-corrected chi connectivity index (χ3v) is 3.96. The van der Waals surface area contributed by atoms with E-state index in [9.17, 15) is 0 Å².